The Balaban J connectivity index is 1.72. The van der Waals surface area contributed by atoms with Crippen molar-refractivity contribution in [3.05, 3.63) is 30.3 Å². The molecule has 1 aromatic carbocycles. The van der Waals surface area contributed by atoms with Crippen molar-refractivity contribution in [1.82, 2.24) is 10.2 Å². The smallest absolute Gasteiger partial charge is 0.243 e. The monoisotopic (exact) mass is 248 g/mol. The Morgan fingerprint density at radius 1 is 1.11 bits per heavy atom. The summed E-state index contributed by atoms with van der Waals surface area (Å²) in [7, 11) is 0. The second kappa shape index (κ2) is 6.16. The highest BCUT2D eigenvalue weighted by Crippen LogP contribution is 2.08. The summed E-state index contributed by atoms with van der Waals surface area (Å²) in [6, 6.07) is 9.48. The first kappa shape index (κ1) is 12.6. The Morgan fingerprint density at radius 3 is 2.44 bits per heavy atom. The van der Waals surface area contributed by atoms with Gasteiger partial charge >= 0.3 is 0 Å². The van der Waals surface area contributed by atoms with Gasteiger partial charge in [0.1, 0.15) is 5.75 Å². The van der Waals surface area contributed by atoms with Crippen LogP contribution in [0.4, 0.5) is 0 Å². The molecule has 5 heteroatoms. The number of para-hydroxylation sites is 1. The van der Waals surface area contributed by atoms with E-state index in [1.165, 1.54) is 4.90 Å². The second-order valence-corrected chi connectivity index (χ2v) is 4.06. The highest BCUT2D eigenvalue weighted by Gasteiger charge is 2.24. The molecule has 1 aliphatic rings. The van der Waals surface area contributed by atoms with Crippen LogP contribution in [0.1, 0.15) is 6.42 Å². The number of hydrogen-bond donors (Lipinski definition) is 1. The summed E-state index contributed by atoms with van der Waals surface area (Å²) in [4.78, 5) is 24.2. The molecule has 0 aromatic heterocycles. The van der Waals surface area contributed by atoms with E-state index in [-0.39, 0.29) is 24.9 Å². The molecule has 0 unspecified atom stereocenters. The normalized spacial score (nSPS) is 15.9. The SMILES string of the molecule is O=C1CNCC(=O)N1CCCOc1ccccc1. The van der Waals surface area contributed by atoms with Crippen LogP contribution in [0, 0.1) is 0 Å². The molecule has 1 heterocycles. The number of amides is 2. The number of imide groups is 1. The van der Waals surface area contributed by atoms with Gasteiger partial charge in [0.15, 0.2) is 0 Å². The molecule has 0 atom stereocenters. The molecule has 0 bridgehead atoms. The van der Waals surface area contributed by atoms with Crippen molar-refractivity contribution in [1.29, 1.82) is 0 Å². The van der Waals surface area contributed by atoms with Crippen molar-refractivity contribution in [3.8, 4) is 5.75 Å². The van der Waals surface area contributed by atoms with Gasteiger partial charge in [-0.2, -0.15) is 0 Å². The van der Waals surface area contributed by atoms with Crippen LogP contribution in [-0.4, -0.2) is 43.0 Å². The standard InChI is InChI=1S/C13H16N2O3/c16-12-9-14-10-13(17)15(12)7-4-8-18-11-5-2-1-3-6-11/h1-3,5-6,14H,4,7-10H2. The van der Waals surface area contributed by atoms with Gasteiger partial charge in [0.25, 0.3) is 0 Å². The summed E-state index contributed by atoms with van der Waals surface area (Å²) in [6.45, 7) is 1.40. The van der Waals surface area contributed by atoms with Crippen molar-refractivity contribution >= 4 is 11.8 Å². The molecule has 1 fully saturated rings. The van der Waals surface area contributed by atoms with Gasteiger partial charge in [-0.3, -0.25) is 19.8 Å². The van der Waals surface area contributed by atoms with Gasteiger partial charge in [-0.15, -0.1) is 0 Å². The average molecular weight is 248 g/mol. The molecule has 5 nitrogen and oxygen atoms in total. The van der Waals surface area contributed by atoms with E-state index in [0.29, 0.717) is 19.6 Å². The molecule has 0 saturated carbocycles. The average Bonchev–Trinajstić information content (AvgIpc) is 2.38. The van der Waals surface area contributed by atoms with E-state index < -0.39 is 0 Å². The highest BCUT2D eigenvalue weighted by atomic mass is 16.5. The maximum absolute atomic E-state index is 11.5. The molecule has 18 heavy (non-hydrogen) atoms. The van der Waals surface area contributed by atoms with Gasteiger partial charge in [-0.25, -0.2) is 0 Å². The molecule has 96 valence electrons. The van der Waals surface area contributed by atoms with E-state index in [4.69, 9.17) is 4.74 Å². The quantitative estimate of drug-likeness (QED) is 0.606. The lowest BCUT2D eigenvalue weighted by atomic mass is 10.3. The molecular formula is C13H16N2O3. The Hall–Kier alpha value is -1.88. The summed E-state index contributed by atoms with van der Waals surface area (Å²) in [5.41, 5.74) is 0. The largest absolute Gasteiger partial charge is 0.494 e. The van der Waals surface area contributed by atoms with E-state index in [9.17, 15) is 9.59 Å². The van der Waals surface area contributed by atoms with Crippen LogP contribution in [0.5, 0.6) is 5.75 Å². The molecule has 0 aliphatic carbocycles. The predicted molar refractivity (Wildman–Crippen MR) is 66.1 cm³/mol. The summed E-state index contributed by atoms with van der Waals surface area (Å²) < 4.78 is 5.50. The zero-order valence-corrected chi connectivity index (χ0v) is 10.1. The fourth-order valence-electron chi connectivity index (χ4n) is 1.79. The maximum Gasteiger partial charge on any atom is 0.243 e. The van der Waals surface area contributed by atoms with Gasteiger partial charge < -0.3 is 4.74 Å². The minimum atomic E-state index is -0.161. The summed E-state index contributed by atoms with van der Waals surface area (Å²) in [5.74, 6) is 0.479. The van der Waals surface area contributed by atoms with E-state index >= 15 is 0 Å². The molecular weight excluding hydrogens is 232 g/mol. The minimum absolute atomic E-state index is 0.161. The van der Waals surface area contributed by atoms with Crippen molar-refractivity contribution in [2.45, 2.75) is 6.42 Å². The van der Waals surface area contributed by atoms with Gasteiger partial charge in [-0.1, -0.05) is 18.2 Å². The van der Waals surface area contributed by atoms with Gasteiger partial charge in [-0.05, 0) is 18.6 Å². The molecule has 1 saturated heterocycles. The minimum Gasteiger partial charge on any atom is -0.494 e. The van der Waals surface area contributed by atoms with Crippen LogP contribution in [0.25, 0.3) is 0 Å². The van der Waals surface area contributed by atoms with Crippen molar-refractivity contribution in [2.24, 2.45) is 0 Å². The van der Waals surface area contributed by atoms with Crippen LogP contribution in [0.15, 0.2) is 30.3 Å². The topological polar surface area (TPSA) is 58.6 Å². The number of ether oxygens (including phenoxy) is 1. The second-order valence-electron chi connectivity index (χ2n) is 4.06. The molecule has 1 aliphatic heterocycles. The number of hydrogen-bond acceptors (Lipinski definition) is 4. The fraction of sp³-hybridized carbons (Fsp3) is 0.385. The highest BCUT2D eigenvalue weighted by molar-refractivity contribution is 5.99. The first-order chi connectivity index (χ1) is 8.77. The van der Waals surface area contributed by atoms with E-state index in [0.717, 1.165) is 5.75 Å². The molecule has 0 radical (unpaired) electrons. The number of benzene rings is 1. The third kappa shape index (κ3) is 3.30. The molecule has 2 amide bonds. The fourth-order valence-corrected chi connectivity index (χ4v) is 1.79. The van der Waals surface area contributed by atoms with E-state index in [1.807, 2.05) is 30.3 Å². The zero-order valence-electron chi connectivity index (χ0n) is 10.1. The molecule has 1 N–H and O–H groups in total. The number of rotatable bonds is 5. The lowest BCUT2D eigenvalue weighted by Crippen LogP contribution is -2.52. The predicted octanol–water partition coefficient (Wildman–Crippen LogP) is 0.414. The van der Waals surface area contributed by atoms with Gasteiger partial charge in [0.05, 0.1) is 19.7 Å². The van der Waals surface area contributed by atoms with Crippen LogP contribution in [0.3, 0.4) is 0 Å². The van der Waals surface area contributed by atoms with Crippen LogP contribution in [0.2, 0.25) is 0 Å². The Morgan fingerprint density at radius 2 is 1.78 bits per heavy atom. The van der Waals surface area contributed by atoms with Crippen molar-refractivity contribution < 1.29 is 14.3 Å². The Labute approximate surface area is 106 Å². The lowest BCUT2D eigenvalue weighted by molar-refractivity contribution is -0.146. The first-order valence-electron chi connectivity index (χ1n) is 5.99. The van der Waals surface area contributed by atoms with Gasteiger partial charge in [0.2, 0.25) is 11.8 Å². The van der Waals surface area contributed by atoms with E-state index in [2.05, 4.69) is 5.32 Å². The van der Waals surface area contributed by atoms with Crippen LogP contribution >= 0.6 is 0 Å². The molecule has 1 aromatic rings. The zero-order chi connectivity index (χ0) is 12.8. The maximum atomic E-state index is 11.5. The number of piperazine rings is 1. The van der Waals surface area contributed by atoms with E-state index in [1.54, 1.807) is 0 Å². The number of carbonyl (C=O) groups excluding carboxylic acids is 2. The van der Waals surface area contributed by atoms with Crippen LogP contribution < -0.4 is 10.1 Å². The number of nitrogens with one attached hydrogen (secondary N) is 1. The molecule has 2 rings (SSSR count). The lowest BCUT2D eigenvalue weighted by Gasteiger charge is -2.25. The van der Waals surface area contributed by atoms with Crippen LogP contribution in [-0.2, 0) is 9.59 Å². The summed E-state index contributed by atoms with van der Waals surface area (Å²) in [5, 5.41) is 2.76. The summed E-state index contributed by atoms with van der Waals surface area (Å²) in [6.07, 6.45) is 0.645. The Kier molecular flexibility index (Phi) is 4.30. The third-order valence-corrected chi connectivity index (χ3v) is 2.69. The summed E-state index contributed by atoms with van der Waals surface area (Å²) >= 11 is 0. The third-order valence-electron chi connectivity index (χ3n) is 2.69. The first-order valence-corrected chi connectivity index (χ1v) is 5.99. The van der Waals surface area contributed by atoms with Gasteiger partial charge in [0, 0.05) is 6.54 Å². The molecule has 0 spiro atoms. The van der Waals surface area contributed by atoms with Crippen molar-refractivity contribution in [2.75, 3.05) is 26.2 Å². The Bertz CT molecular complexity index is 404. The number of carbonyl (C=O) groups is 2. The van der Waals surface area contributed by atoms with Crippen molar-refractivity contribution in [3.63, 3.8) is 0 Å². The number of nitrogens with zero attached hydrogens (tertiary/aromatic N) is 1.